The monoisotopic (exact) mass is 384 g/mol. The average Bonchev–Trinajstić information content (AvgIpc) is 3.15. The maximum absolute atomic E-state index is 12.2. The molecule has 0 N–H and O–H groups in total. The van der Waals surface area contributed by atoms with Gasteiger partial charge in [0.05, 0.1) is 5.57 Å². The third kappa shape index (κ3) is 2.71. The molecule has 2 aromatic carbocycles. The van der Waals surface area contributed by atoms with Crippen LogP contribution in [0.25, 0.3) is 11.8 Å². The maximum Gasteiger partial charge on any atom is 0.343 e. The molecule has 4 rings (SSSR count). The van der Waals surface area contributed by atoms with Crippen LogP contribution < -0.4 is 9.47 Å². The molecule has 0 radical (unpaired) electrons. The Hall–Kier alpha value is -2.53. The second kappa shape index (κ2) is 5.83. The first-order valence-electron chi connectivity index (χ1n) is 7.42. The number of carbonyl (C=O) groups excluding carboxylic acids is 1. The fourth-order valence-electron chi connectivity index (χ4n) is 2.56. The third-order valence-electron chi connectivity index (χ3n) is 3.86. The summed E-state index contributed by atoms with van der Waals surface area (Å²) in [4.78, 5) is 12.2. The zero-order valence-corrected chi connectivity index (χ0v) is 14.4. The summed E-state index contributed by atoms with van der Waals surface area (Å²) in [7, 11) is 0. The van der Waals surface area contributed by atoms with Gasteiger partial charge in [-0.15, -0.1) is 0 Å². The molecule has 0 aliphatic carbocycles. The molecule has 2 aliphatic heterocycles. The minimum Gasteiger partial charge on any atom is -0.454 e. The van der Waals surface area contributed by atoms with Crippen molar-refractivity contribution >= 4 is 33.7 Å². The fraction of sp³-hybridized carbons (Fsp3) is 0.105. The van der Waals surface area contributed by atoms with Crippen molar-refractivity contribution in [2.24, 2.45) is 0 Å². The molecule has 0 aromatic heterocycles. The fourth-order valence-corrected chi connectivity index (χ4v) is 3.00. The summed E-state index contributed by atoms with van der Waals surface area (Å²) in [5.74, 6) is 1.55. The minimum atomic E-state index is -0.366. The molecule has 120 valence electrons. The lowest BCUT2D eigenvalue weighted by atomic mass is 10.1. The van der Waals surface area contributed by atoms with E-state index in [1.54, 1.807) is 12.2 Å². The zero-order chi connectivity index (χ0) is 16.7. The Morgan fingerprint density at radius 2 is 1.79 bits per heavy atom. The summed E-state index contributed by atoms with van der Waals surface area (Å²) < 4.78 is 16.9. The van der Waals surface area contributed by atoms with Gasteiger partial charge in [-0.1, -0.05) is 45.8 Å². The van der Waals surface area contributed by atoms with Crippen molar-refractivity contribution in [1.29, 1.82) is 0 Å². The van der Waals surface area contributed by atoms with E-state index in [1.165, 1.54) is 0 Å². The van der Waals surface area contributed by atoms with Crippen molar-refractivity contribution in [2.45, 2.75) is 6.92 Å². The summed E-state index contributed by atoms with van der Waals surface area (Å²) in [6.45, 7) is 2.22. The van der Waals surface area contributed by atoms with Gasteiger partial charge in [0.25, 0.3) is 0 Å². The highest BCUT2D eigenvalue weighted by Crippen LogP contribution is 2.38. The van der Waals surface area contributed by atoms with Crippen LogP contribution in [-0.2, 0) is 9.53 Å². The summed E-state index contributed by atoms with van der Waals surface area (Å²) in [6.07, 6.45) is 3.53. The molecule has 0 atom stereocenters. The predicted octanol–water partition coefficient (Wildman–Crippen LogP) is 4.47. The van der Waals surface area contributed by atoms with E-state index in [0.717, 1.165) is 21.2 Å². The highest BCUT2D eigenvalue weighted by Gasteiger charge is 2.23. The van der Waals surface area contributed by atoms with Gasteiger partial charge >= 0.3 is 5.97 Å². The van der Waals surface area contributed by atoms with Crippen molar-refractivity contribution in [2.75, 3.05) is 6.79 Å². The number of aryl methyl sites for hydroxylation is 1. The molecule has 0 saturated heterocycles. The number of benzene rings is 2. The molecular weight excluding hydrogens is 372 g/mol. The van der Waals surface area contributed by atoms with Gasteiger partial charge in [0, 0.05) is 10.0 Å². The van der Waals surface area contributed by atoms with Gasteiger partial charge in [0.2, 0.25) is 6.79 Å². The Bertz CT molecular complexity index is 894. The number of fused-ring (bicyclic) bond motifs is 1. The standard InChI is InChI=1S/C19H13BrO4/c1-11-2-4-12(5-3-11)16-8-14(19(21)24-16)6-13-7-17-18(9-15(13)20)23-10-22-17/h2-9H,10H2,1H3. The molecule has 0 unspecified atom stereocenters. The van der Waals surface area contributed by atoms with Gasteiger partial charge in [-0.05, 0) is 36.8 Å². The van der Waals surface area contributed by atoms with Crippen LogP contribution in [0.4, 0.5) is 0 Å². The van der Waals surface area contributed by atoms with Crippen LogP contribution >= 0.6 is 15.9 Å². The highest BCUT2D eigenvalue weighted by atomic mass is 79.9. The molecule has 0 saturated carbocycles. The van der Waals surface area contributed by atoms with Crippen molar-refractivity contribution in [3.8, 4) is 11.5 Å². The van der Waals surface area contributed by atoms with E-state index in [9.17, 15) is 4.79 Å². The quantitative estimate of drug-likeness (QED) is 0.566. The van der Waals surface area contributed by atoms with E-state index in [4.69, 9.17) is 14.2 Å². The number of ether oxygens (including phenoxy) is 3. The van der Waals surface area contributed by atoms with Crippen LogP contribution in [0.15, 0.2) is 52.5 Å². The molecule has 0 amide bonds. The number of hydrogen-bond acceptors (Lipinski definition) is 4. The SMILES string of the molecule is Cc1ccc(C2=CC(=Cc3cc4c(cc3Br)OCO4)C(=O)O2)cc1. The molecule has 4 nitrogen and oxygen atoms in total. The predicted molar refractivity (Wildman–Crippen MR) is 93.5 cm³/mol. The lowest BCUT2D eigenvalue weighted by Crippen LogP contribution is -1.97. The largest absolute Gasteiger partial charge is 0.454 e. The van der Waals surface area contributed by atoms with E-state index >= 15 is 0 Å². The van der Waals surface area contributed by atoms with Crippen LogP contribution in [0.5, 0.6) is 11.5 Å². The Kier molecular flexibility index (Phi) is 3.65. The number of hydrogen-bond donors (Lipinski definition) is 0. The Balaban J connectivity index is 1.70. The van der Waals surface area contributed by atoms with Crippen molar-refractivity contribution in [1.82, 2.24) is 0 Å². The zero-order valence-electron chi connectivity index (χ0n) is 12.8. The highest BCUT2D eigenvalue weighted by molar-refractivity contribution is 9.10. The van der Waals surface area contributed by atoms with Gasteiger partial charge < -0.3 is 14.2 Å². The van der Waals surface area contributed by atoms with Crippen molar-refractivity contribution in [3.63, 3.8) is 0 Å². The van der Waals surface area contributed by atoms with Gasteiger partial charge in [-0.25, -0.2) is 4.79 Å². The second-order valence-corrected chi connectivity index (χ2v) is 6.45. The van der Waals surface area contributed by atoms with E-state index in [2.05, 4.69) is 15.9 Å². The topological polar surface area (TPSA) is 44.8 Å². The molecule has 2 heterocycles. The molecule has 0 fully saturated rings. The van der Waals surface area contributed by atoms with Crippen molar-refractivity contribution < 1.29 is 19.0 Å². The van der Waals surface area contributed by atoms with E-state index in [0.29, 0.717) is 22.8 Å². The van der Waals surface area contributed by atoms with Gasteiger partial charge in [0.1, 0.15) is 5.76 Å². The number of carbonyl (C=O) groups is 1. The van der Waals surface area contributed by atoms with E-state index in [1.807, 2.05) is 43.3 Å². The number of esters is 1. The van der Waals surface area contributed by atoms with Crippen LogP contribution in [0.2, 0.25) is 0 Å². The third-order valence-corrected chi connectivity index (χ3v) is 4.55. The van der Waals surface area contributed by atoms with Crippen LogP contribution in [0.1, 0.15) is 16.7 Å². The minimum absolute atomic E-state index is 0.210. The van der Waals surface area contributed by atoms with Gasteiger partial charge in [0.15, 0.2) is 11.5 Å². The van der Waals surface area contributed by atoms with Gasteiger partial charge in [-0.2, -0.15) is 0 Å². The first-order chi connectivity index (χ1) is 11.6. The van der Waals surface area contributed by atoms with Crippen LogP contribution in [0.3, 0.4) is 0 Å². The second-order valence-electron chi connectivity index (χ2n) is 5.59. The molecule has 5 heteroatoms. The molecule has 2 aromatic rings. The smallest absolute Gasteiger partial charge is 0.343 e. The normalized spacial score (nSPS) is 17.2. The Morgan fingerprint density at radius 3 is 2.54 bits per heavy atom. The first kappa shape index (κ1) is 15.0. The van der Waals surface area contributed by atoms with Crippen LogP contribution in [-0.4, -0.2) is 12.8 Å². The van der Waals surface area contributed by atoms with Crippen molar-refractivity contribution in [3.05, 3.63) is 69.2 Å². The Morgan fingerprint density at radius 1 is 1.08 bits per heavy atom. The molecule has 0 bridgehead atoms. The molecular formula is C19H13BrO4. The molecule has 2 aliphatic rings. The summed E-state index contributed by atoms with van der Waals surface area (Å²) in [5, 5.41) is 0. The Labute approximate surface area is 147 Å². The van der Waals surface area contributed by atoms with Gasteiger partial charge in [-0.3, -0.25) is 0 Å². The average molecular weight is 385 g/mol. The maximum atomic E-state index is 12.2. The lowest BCUT2D eigenvalue weighted by molar-refractivity contribution is -0.130. The molecule has 24 heavy (non-hydrogen) atoms. The number of halogens is 1. The summed E-state index contributed by atoms with van der Waals surface area (Å²) in [5.41, 5.74) is 3.35. The first-order valence-corrected chi connectivity index (χ1v) is 8.21. The van der Waals surface area contributed by atoms with E-state index in [-0.39, 0.29) is 12.8 Å². The lowest BCUT2D eigenvalue weighted by Gasteiger charge is -2.02. The van der Waals surface area contributed by atoms with E-state index < -0.39 is 0 Å². The number of cyclic esters (lactones) is 1. The van der Waals surface area contributed by atoms with Crippen LogP contribution in [0, 0.1) is 6.92 Å². The number of rotatable bonds is 2. The molecule has 0 spiro atoms. The summed E-state index contributed by atoms with van der Waals surface area (Å²) in [6, 6.07) is 11.5. The summed E-state index contributed by atoms with van der Waals surface area (Å²) >= 11 is 3.49.